The van der Waals surface area contributed by atoms with Crippen LogP contribution in [0.25, 0.3) is 0 Å². The molecule has 0 aliphatic carbocycles. The maximum Gasteiger partial charge on any atom is 0.266 e. The van der Waals surface area contributed by atoms with Gasteiger partial charge in [0.1, 0.15) is 5.82 Å². The van der Waals surface area contributed by atoms with Crippen molar-refractivity contribution in [2.75, 3.05) is 6.54 Å². The molecule has 1 saturated heterocycles. The first-order valence-electron chi connectivity index (χ1n) is 9.11. The monoisotopic (exact) mass is 381 g/mol. The lowest BCUT2D eigenvalue weighted by molar-refractivity contribution is 0.0664. The van der Waals surface area contributed by atoms with Gasteiger partial charge in [-0.05, 0) is 18.9 Å². The number of aromatic nitrogens is 2. The summed E-state index contributed by atoms with van der Waals surface area (Å²) in [6.45, 7) is 4.21. The smallest absolute Gasteiger partial charge is 0.266 e. The summed E-state index contributed by atoms with van der Waals surface area (Å²) >= 11 is 0. The van der Waals surface area contributed by atoms with E-state index in [1.807, 2.05) is 13.8 Å². The lowest BCUT2D eigenvalue weighted by atomic mass is 10.1. The first-order valence-corrected chi connectivity index (χ1v) is 9.11. The summed E-state index contributed by atoms with van der Waals surface area (Å²) in [6.07, 6.45) is 0.143. The maximum atomic E-state index is 14.5. The normalized spacial score (nSPS) is 18.2. The molecule has 2 aromatic rings. The van der Waals surface area contributed by atoms with Gasteiger partial charge in [0, 0.05) is 12.5 Å². The number of nitrogens with zero attached hydrogens (tertiary/aromatic N) is 3. The lowest BCUT2D eigenvalue weighted by Gasteiger charge is -2.28. The second-order valence-electron chi connectivity index (χ2n) is 7.02. The van der Waals surface area contributed by atoms with E-state index in [1.165, 1.54) is 17.0 Å². The molecule has 1 aromatic carbocycles. The Kier molecular flexibility index (Phi) is 5.82. The Hall–Kier alpha value is -2.38. The van der Waals surface area contributed by atoms with Gasteiger partial charge < -0.3 is 9.42 Å². The van der Waals surface area contributed by atoms with Crippen molar-refractivity contribution >= 4 is 5.91 Å². The molecule has 0 radical (unpaired) electrons. The minimum Gasteiger partial charge on any atom is -0.339 e. The number of likely N-dealkylation sites (tertiary alicyclic amines) is 1. The van der Waals surface area contributed by atoms with Crippen LogP contribution in [-0.4, -0.2) is 27.5 Å². The average Bonchev–Trinajstić information content (AvgIpc) is 3.00. The molecule has 0 spiro atoms. The SMILES string of the molecule is CC(C)c1nc(C2CCCCCN2C(=O)c2cccc(C(F)F)c2F)no1. The van der Waals surface area contributed by atoms with Gasteiger partial charge in [0.25, 0.3) is 12.3 Å². The Balaban J connectivity index is 1.96. The van der Waals surface area contributed by atoms with Crippen molar-refractivity contribution in [3.63, 3.8) is 0 Å². The predicted octanol–water partition coefficient (Wildman–Crippen LogP) is 5.03. The standard InChI is InChI=1S/C19H22F3N3O2/c1-11(2)18-23-17(24-27-18)14-9-4-3-5-10-25(14)19(26)13-8-6-7-12(15(13)20)16(21)22/h6-8,11,14,16H,3-5,9-10H2,1-2H3. The molecule has 3 rings (SSSR count). The molecule has 1 aliphatic rings. The molecule has 8 heteroatoms. The van der Waals surface area contributed by atoms with Gasteiger partial charge in [-0.1, -0.05) is 44.0 Å². The number of carbonyl (C=O) groups is 1. The molecule has 0 bridgehead atoms. The second-order valence-corrected chi connectivity index (χ2v) is 7.02. The van der Waals surface area contributed by atoms with Crippen molar-refractivity contribution in [2.24, 2.45) is 0 Å². The molecule has 0 saturated carbocycles. The van der Waals surface area contributed by atoms with Crippen molar-refractivity contribution < 1.29 is 22.5 Å². The Morgan fingerprint density at radius 2 is 2.04 bits per heavy atom. The van der Waals surface area contributed by atoms with E-state index >= 15 is 0 Å². The number of carbonyl (C=O) groups excluding carboxylic acids is 1. The van der Waals surface area contributed by atoms with E-state index < -0.39 is 29.8 Å². The summed E-state index contributed by atoms with van der Waals surface area (Å²) in [5.74, 6) is -0.914. The first kappa shape index (κ1) is 19.4. The number of benzene rings is 1. The molecule has 1 atom stereocenters. The average molecular weight is 381 g/mol. The quantitative estimate of drug-likeness (QED) is 0.746. The minimum absolute atomic E-state index is 0.0429. The number of alkyl halides is 2. The summed E-state index contributed by atoms with van der Waals surface area (Å²) in [6, 6.07) is 3.04. The van der Waals surface area contributed by atoms with Gasteiger partial charge in [0.05, 0.1) is 17.2 Å². The van der Waals surface area contributed by atoms with Crippen molar-refractivity contribution in [1.29, 1.82) is 0 Å². The number of rotatable bonds is 4. The van der Waals surface area contributed by atoms with Gasteiger partial charge in [-0.25, -0.2) is 13.2 Å². The highest BCUT2D eigenvalue weighted by Gasteiger charge is 2.33. The summed E-state index contributed by atoms with van der Waals surface area (Å²) in [5.41, 5.74) is -1.12. The zero-order chi connectivity index (χ0) is 19.6. The largest absolute Gasteiger partial charge is 0.339 e. The summed E-state index contributed by atoms with van der Waals surface area (Å²) < 4.78 is 45.8. The number of amides is 1. The van der Waals surface area contributed by atoms with Crippen LogP contribution in [0.1, 0.15) is 85.6 Å². The van der Waals surface area contributed by atoms with Crippen molar-refractivity contribution in [1.82, 2.24) is 15.0 Å². The zero-order valence-corrected chi connectivity index (χ0v) is 15.3. The molecule has 1 aliphatic heterocycles. The molecule has 146 valence electrons. The molecule has 5 nitrogen and oxygen atoms in total. The van der Waals surface area contributed by atoms with Crippen LogP contribution in [0.5, 0.6) is 0 Å². The third kappa shape index (κ3) is 3.99. The van der Waals surface area contributed by atoms with E-state index in [4.69, 9.17) is 4.52 Å². The minimum atomic E-state index is -2.98. The van der Waals surface area contributed by atoms with E-state index in [9.17, 15) is 18.0 Å². The summed E-state index contributed by atoms with van der Waals surface area (Å²) in [4.78, 5) is 18.9. The third-order valence-corrected chi connectivity index (χ3v) is 4.76. The molecule has 2 heterocycles. The number of hydrogen-bond donors (Lipinski definition) is 0. The van der Waals surface area contributed by atoms with E-state index in [1.54, 1.807) is 0 Å². The Bertz CT molecular complexity index is 807. The van der Waals surface area contributed by atoms with Crippen LogP contribution < -0.4 is 0 Å². The fraction of sp³-hybridized carbons (Fsp3) is 0.526. The Labute approximate surface area is 155 Å². The van der Waals surface area contributed by atoms with Gasteiger partial charge in [0.2, 0.25) is 5.89 Å². The topological polar surface area (TPSA) is 59.2 Å². The van der Waals surface area contributed by atoms with Crippen LogP contribution in [0.4, 0.5) is 13.2 Å². The molecule has 1 fully saturated rings. The molecule has 0 N–H and O–H groups in total. The maximum absolute atomic E-state index is 14.5. The number of hydrogen-bond acceptors (Lipinski definition) is 4. The third-order valence-electron chi connectivity index (χ3n) is 4.76. The van der Waals surface area contributed by atoms with Gasteiger partial charge in [0.15, 0.2) is 5.82 Å². The molecular weight excluding hydrogens is 359 g/mol. The predicted molar refractivity (Wildman–Crippen MR) is 92.0 cm³/mol. The van der Waals surface area contributed by atoms with Crippen LogP contribution in [0.15, 0.2) is 22.7 Å². The van der Waals surface area contributed by atoms with Crippen LogP contribution in [0.2, 0.25) is 0 Å². The second kappa shape index (κ2) is 8.10. The summed E-state index contributed by atoms with van der Waals surface area (Å²) in [5, 5.41) is 4.00. The Morgan fingerprint density at radius 3 is 2.70 bits per heavy atom. The highest BCUT2D eigenvalue weighted by molar-refractivity contribution is 5.95. The first-order chi connectivity index (χ1) is 12.9. The lowest BCUT2D eigenvalue weighted by Crippen LogP contribution is -2.36. The summed E-state index contributed by atoms with van der Waals surface area (Å²) in [7, 11) is 0. The van der Waals surface area contributed by atoms with E-state index in [0.717, 1.165) is 25.3 Å². The van der Waals surface area contributed by atoms with Crippen molar-refractivity contribution in [3.8, 4) is 0 Å². The van der Waals surface area contributed by atoms with Gasteiger partial charge in [-0.15, -0.1) is 0 Å². The molecule has 1 unspecified atom stereocenters. The van der Waals surface area contributed by atoms with Gasteiger partial charge in [-0.2, -0.15) is 4.98 Å². The van der Waals surface area contributed by atoms with Crippen LogP contribution in [0.3, 0.4) is 0 Å². The molecule has 27 heavy (non-hydrogen) atoms. The van der Waals surface area contributed by atoms with Crippen molar-refractivity contribution in [3.05, 3.63) is 46.9 Å². The fourth-order valence-electron chi connectivity index (χ4n) is 3.28. The Morgan fingerprint density at radius 1 is 1.26 bits per heavy atom. The molecule has 1 aromatic heterocycles. The van der Waals surface area contributed by atoms with Crippen LogP contribution in [-0.2, 0) is 0 Å². The van der Waals surface area contributed by atoms with Crippen molar-refractivity contribution in [2.45, 2.75) is 57.9 Å². The highest BCUT2D eigenvalue weighted by Crippen LogP contribution is 2.32. The van der Waals surface area contributed by atoms with E-state index in [0.29, 0.717) is 24.7 Å². The highest BCUT2D eigenvalue weighted by atomic mass is 19.3. The van der Waals surface area contributed by atoms with Crippen LogP contribution >= 0.6 is 0 Å². The van der Waals surface area contributed by atoms with Gasteiger partial charge in [-0.3, -0.25) is 4.79 Å². The number of halogens is 3. The van der Waals surface area contributed by atoms with E-state index in [2.05, 4.69) is 10.1 Å². The van der Waals surface area contributed by atoms with E-state index in [-0.39, 0.29) is 11.5 Å². The molecular formula is C19H22F3N3O2. The molecule has 1 amide bonds. The zero-order valence-electron chi connectivity index (χ0n) is 15.3. The van der Waals surface area contributed by atoms with Crippen LogP contribution in [0, 0.1) is 5.82 Å². The van der Waals surface area contributed by atoms with Gasteiger partial charge >= 0.3 is 0 Å². The fourth-order valence-corrected chi connectivity index (χ4v) is 3.28.